The number of nitrogens with one attached hydrogen (secondary N) is 2. The van der Waals surface area contributed by atoms with Gasteiger partial charge in [-0.25, -0.2) is 4.98 Å². The largest absolute Gasteiger partial charge is 0.490 e. The molecule has 2 aromatic carbocycles. The Labute approximate surface area is 213 Å². The fourth-order valence-corrected chi connectivity index (χ4v) is 5.39. The first-order chi connectivity index (χ1) is 18.2. The van der Waals surface area contributed by atoms with Crippen LogP contribution in [0.1, 0.15) is 37.7 Å². The number of aryl methyl sites for hydroxylation is 1. The van der Waals surface area contributed by atoms with Crippen LogP contribution in [0.3, 0.4) is 0 Å². The van der Waals surface area contributed by atoms with Crippen molar-refractivity contribution in [3.8, 4) is 39.7 Å². The molecule has 7 heteroatoms. The molecule has 37 heavy (non-hydrogen) atoms. The summed E-state index contributed by atoms with van der Waals surface area (Å²) in [5, 5.41) is 8.79. The van der Waals surface area contributed by atoms with E-state index < -0.39 is 0 Å². The zero-order chi connectivity index (χ0) is 24.8. The molecule has 0 aliphatic heterocycles. The molecule has 0 amide bonds. The molecule has 0 spiro atoms. The molecular formula is C30H27N5O2. The number of fused-ring (bicyclic) bond motifs is 2. The van der Waals surface area contributed by atoms with E-state index in [1.807, 2.05) is 12.1 Å². The summed E-state index contributed by atoms with van der Waals surface area (Å²) in [5.41, 5.74) is 8.53. The van der Waals surface area contributed by atoms with E-state index >= 15 is 0 Å². The highest BCUT2D eigenvalue weighted by Crippen LogP contribution is 2.34. The maximum atomic E-state index is 6.39. The van der Waals surface area contributed by atoms with Crippen LogP contribution < -0.4 is 4.74 Å². The molecule has 1 aliphatic carbocycles. The Hall–Kier alpha value is -4.39. The average Bonchev–Trinajstić information content (AvgIpc) is 3.68. The summed E-state index contributed by atoms with van der Waals surface area (Å²) in [5.74, 6) is 1.65. The van der Waals surface area contributed by atoms with E-state index in [9.17, 15) is 0 Å². The van der Waals surface area contributed by atoms with E-state index in [4.69, 9.17) is 14.1 Å². The lowest BCUT2D eigenvalue weighted by Gasteiger charge is -2.23. The van der Waals surface area contributed by atoms with Gasteiger partial charge in [0.25, 0.3) is 0 Å². The number of hydrogen-bond donors (Lipinski definition) is 2. The number of H-pyrrole nitrogens is 2. The van der Waals surface area contributed by atoms with E-state index in [2.05, 4.69) is 63.5 Å². The second-order valence-electron chi connectivity index (χ2n) is 9.90. The van der Waals surface area contributed by atoms with E-state index in [0.29, 0.717) is 11.9 Å². The van der Waals surface area contributed by atoms with Crippen LogP contribution in [0.25, 0.3) is 55.8 Å². The highest BCUT2D eigenvalue weighted by Gasteiger charge is 2.18. The van der Waals surface area contributed by atoms with Crippen LogP contribution >= 0.6 is 0 Å². The molecule has 7 rings (SSSR count). The molecule has 0 saturated heterocycles. The summed E-state index contributed by atoms with van der Waals surface area (Å²) in [6, 6.07) is 16.7. The van der Waals surface area contributed by atoms with Gasteiger partial charge in [0.05, 0.1) is 29.7 Å². The molecular weight excluding hydrogens is 462 g/mol. The quantitative estimate of drug-likeness (QED) is 0.262. The predicted octanol–water partition coefficient (Wildman–Crippen LogP) is 7.45. The molecule has 0 atom stereocenters. The standard InChI is InChI=1S/C30H27N5O2/c1-18-13-21(15-23(14-18)37-22-5-3-2-4-6-22)19-7-8-25-24(16-19)28(35-34-25)30-32-26-9-11-31-27(29(26)33-30)20-10-12-36-17-20/h7-17,22H,2-6H2,1H3,(H,32,33)(H,34,35). The first kappa shape index (κ1) is 21.9. The Morgan fingerprint density at radius 2 is 1.81 bits per heavy atom. The molecule has 1 fully saturated rings. The van der Waals surface area contributed by atoms with Crippen LogP contribution in [-0.4, -0.2) is 31.3 Å². The molecule has 0 bridgehead atoms. The maximum absolute atomic E-state index is 6.39. The van der Waals surface area contributed by atoms with E-state index in [1.54, 1.807) is 18.7 Å². The number of nitrogens with zero attached hydrogens (tertiary/aromatic N) is 3. The summed E-state index contributed by atoms with van der Waals surface area (Å²) in [6.07, 6.45) is 11.5. The third-order valence-electron chi connectivity index (χ3n) is 7.22. The highest BCUT2D eigenvalue weighted by molar-refractivity contribution is 5.97. The lowest BCUT2D eigenvalue weighted by Crippen LogP contribution is -2.19. The van der Waals surface area contributed by atoms with Crippen molar-refractivity contribution in [2.24, 2.45) is 0 Å². The third-order valence-corrected chi connectivity index (χ3v) is 7.22. The Morgan fingerprint density at radius 3 is 2.68 bits per heavy atom. The monoisotopic (exact) mass is 489 g/mol. The molecule has 184 valence electrons. The van der Waals surface area contributed by atoms with Crippen molar-refractivity contribution in [3.05, 3.63) is 72.8 Å². The normalized spacial score (nSPS) is 14.5. The van der Waals surface area contributed by atoms with Gasteiger partial charge < -0.3 is 14.1 Å². The van der Waals surface area contributed by atoms with Gasteiger partial charge in [-0.1, -0.05) is 18.6 Å². The van der Waals surface area contributed by atoms with Crippen molar-refractivity contribution >= 4 is 21.9 Å². The number of aromatic nitrogens is 5. The van der Waals surface area contributed by atoms with Crippen LogP contribution in [0.15, 0.2) is 71.7 Å². The van der Waals surface area contributed by atoms with Gasteiger partial charge in [0, 0.05) is 17.1 Å². The summed E-state index contributed by atoms with van der Waals surface area (Å²) < 4.78 is 11.7. The summed E-state index contributed by atoms with van der Waals surface area (Å²) >= 11 is 0. The van der Waals surface area contributed by atoms with E-state index in [-0.39, 0.29) is 0 Å². The molecule has 0 unspecified atom stereocenters. The van der Waals surface area contributed by atoms with Crippen LogP contribution in [0.2, 0.25) is 0 Å². The fourth-order valence-electron chi connectivity index (χ4n) is 5.39. The number of benzene rings is 2. The minimum absolute atomic E-state index is 0.320. The van der Waals surface area contributed by atoms with Gasteiger partial charge in [0.15, 0.2) is 5.82 Å². The summed E-state index contributed by atoms with van der Waals surface area (Å²) in [4.78, 5) is 12.9. The minimum atomic E-state index is 0.320. The van der Waals surface area contributed by atoms with Crippen molar-refractivity contribution in [3.63, 3.8) is 0 Å². The Morgan fingerprint density at radius 1 is 0.892 bits per heavy atom. The van der Waals surface area contributed by atoms with Crippen LogP contribution in [0, 0.1) is 6.92 Å². The number of aromatic amines is 2. The van der Waals surface area contributed by atoms with Crippen LogP contribution in [0.4, 0.5) is 0 Å². The maximum Gasteiger partial charge on any atom is 0.159 e. The number of ether oxygens (including phenoxy) is 1. The Kier molecular flexibility index (Phi) is 5.27. The fraction of sp³-hybridized carbons (Fsp3) is 0.233. The Balaban J connectivity index is 1.28. The summed E-state index contributed by atoms with van der Waals surface area (Å²) in [7, 11) is 0. The lowest BCUT2D eigenvalue weighted by atomic mass is 9.97. The smallest absolute Gasteiger partial charge is 0.159 e. The topological polar surface area (TPSA) is 92.6 Å². The van der Waals surface area contributed by atoms with Gasteiger partial charge in [-0.05, 0) is 85.7 Å². The first-order valence-electron chi connectivity index (χ1n) is 12.9. The van der Waals surface area contributed by atoms with Crippen LogP contribution in [0.5, 0.6) is 5.75 Å². The molecule has 7 nitrogen and oxygen atoms in total. The highest BCUT2D eigenvalue weighted by atomic mass is 16.5. The van der Waals surface area contributed by atoms with Gasteiger partial charge in [-0.15, -0.1) is 0 Å². The van der Waals surface area contributed by atoms with Gasteiger partial charge in [-0.3, -0.25) is 10.1 Å². The van der Waals surface area contributed by atoms with E-state index in [0.717, 1.165) is 68.6 Å². The number of hydrogen-bond acceptors (Lipinski definition) is 5. The van der Waals surface area contributed by atoms with Crippen molar-refractivity contribution in [2.75, 3.05) is 0 Å². The van der Waals surface area contributed by atoms with Crippen molar-refractivity contribution in [1.29, 1.82) is 0 Å². The SMILES string of the molecule is Cc1cc(OC2CCCCC2)cc(-c2ccc3[nH]nc(-c4nc5c(-c6ccoc6)nccc5[nH]4)c3c2)c1. The molecule has 4 heterocycles. The van der Waals surface area contributed by atoms with Gasteiger partial charge >= 0.3 is 0 Å². The third kappa shape index (κ3) is 4.06. The first-order valence-corrected chi connectivity index (χ1v) is 12.9. The van der Waals surface area contributed by atoms with Gasteiger partial charge in [0.1, 0.15) is 22.7 Å². The van der Waals surface area contributed by atoms with Crippen molar-refractivity contribution < 1.29 is 9.15 Å². The van der Waals surface area contributed by atoms with Gasteiger partial charge in [-0.2, -0.15) is 5.10 Å². The molecule has 1 saturated carbocycles. The zero-order valence-corrected chi connectivity index (χ0v) is 20.6. The molecule has 4 aromatic heterocycles. The average molecular weight is 490 g/mol. The van der Waals surface area contributed by atoms with E-state index in [1.165, 1.54) is 24.8 Å². The number of pyridine rings is 1. The second-order valence-corrected chi connectivity index (χ2v) is 9.90. The molecule has 2 N–H and O–H groups in total. The summed E-state index contributed by atoms with van der Waals surface area (Å²) in [6.45, 7) is 2.12. The Bertz CT molecular complexity index is 1710. The molecule has 6 aromatic rings. The second kappa shape index (κ2) is 8.92. The molecule has 0 radical (unpaired) electrons. The number of furan rings is 1. The van der Waals surface area contributed by atoms with Crippen molar-refractivity contribution in [1.82, 2.24) is 25.1 Å². The molecule has 1 aliphatic rings. The van der Waals surface area contributed by atoms with Crippen molar-refractivity contribution in [2.45, 2.75) is 45.1 Å². The lowest BCUT2D eigenvalue weighted by molar-refractivity contribution is 0.155. The number of rotatable bonds is 5. The predicted molar refractivity (Wildman–Crippen MR) is 144 cm³/mol. The van der Waals surface area contributed by atoms with Crippen LogP contribution in [-0.2, 0) is 0 Å². The minimum Gasteiger partial charge on any atom is -0.490 e. The van der Waals surface area contributed by atoms with Gasteiger partial charge in [0.2, 0.25) is 0 Å². The number of imidazole rings is 1. The zero-order valence-electron chi connectivity index (χ0n) is 20.6.